The minimum atomic E-state index is -4.38. The van der Waals surface area contributed by atoms with Gasteiger partial charge in [0.15, 0.2) is 17.5 Å². The Morgan fingerprint density at radius 3 is 2.35 bits per heavy atom. The van der Waals surface area contributed by atoms with E-state index in [2.05, 4.69) is 4.72 Å². The van der Waals surface area contributed by atoms with Crippen molar-refractivity contribution in [1.29, 1.82) is 0 Å². The van der Waals surface area contributed by atoms with Crippen molar-refractivity contribution in [2.45, 2.75) is 31.1 Å². The number of nitrogens with one attached hydrogen (secondary N) is 1. The van der Waals surface area contributed by atoms with Crippen LogP contribution in [0.4, 0.5) is 18.9 Å². The van der Waals surface area contributed by atoms with Crippen LogP contribution in [0.3, 0.4) is 0 Å². The number of anilines is 1. The van der Waals surface area contributed by atoms with Gasteiger partial charge in [-0.05, 0) is 36.1 Å². The van der Waals surface area contributed by atoms with Crippen LogP contribution in [0.2, 0.25) is 0 Å². The van der Waals surface area contributed by atoms with E-state index in [1.54, 1.807) is 18.2 Å². The average molecular weight is 343 g/mol. The van der Waals surface area contributed by atoms with E-state index in [1.165, 1.54) is 6.07 Å². The maximum atomic E-state index is 13.8. The Bertz CT molecular complexity index is 822. The average Bonchev–Trinajstić information content (AvgIpc) is 2.51. The second kappa shape index (κ2) is 6.62. The van der Waals surface area contributed by atoms with Crippen LogP contribution in [0.25, 0.3) is 0 Å². The highest BCUT2D eigenvalue weighted by Gasteiger charge is 2.25. The Morgan fingerprint density at radius 1 is 1.04 bits per heavy atom. The van der Waals surface area contributed by atoms with Gasteiger partial charge in [0, 0.05) is 0 Å². The van der Waals surface area contributed by atoms with Crippen LogP contribution in [-0.2, 0) is 10.0 Å². The molecule has 0 radical (unpaired) electrons. The minimum absolute atomic E-state index is 0.0729. The van der Waals surface area contributed by atoms with E-state index in [1.807, 2.05) is 13.8 Å². The SMILES string of the molecule is CC[C@@H](C)c1ccccc1NS(=O)(=O)c1ccc(F)c(F)c1F. The zero-order valence-corrected chi connectivity index (χ0v) is 13.4. The molecule has 0 amide bonds. The van der Waals surface area contributed by atoms with Gasteiger partial charge in [-0.15, -0.1) is 0 Å². The molecule has 1 N–H and O–H groups in total. The molecule has 0 aliphatic rings. The zero-order chi connectivity index (χ0) is 17.2. The van der Waals surface area contributed by atoms with Crippen molar-refractivity contribution in [3.8, 4) is 0 Å². The molecule has 0 aromatic heterocycles. The van der Waals surface area contributed by atoms with Crippen molar-refractivity contribution in [2.75, 3.05) is 4.72 Å². The summed E-state index contributed by atoms with van der Waals surface area (Å²) < 4.78 is 66.9. The molecule has 7 heteroatoms. The first-order valence-corrected chi connectivity index (χ1v) is 8.51. The summed E-state index contributed by atoms with van der Waals surface area (Å²) in [5.74, 6) is -4.92. The van der Waals surface area contributed by atoms with Gasteiger partial charge >= 0.3 is 0 Å². The maximum absolute atomic E-state index is 13.8. The minimum Gasteiger partial charge on any atom is -0.279 e. The standard InChI is InChI=1S/C16H16F3NO2S/c1-3-10(2)11-6-4-5-7-13(11)20-23(21,22)14-9-8-12(17)15(18)16(14)19/h4-10,20H,3H2,1-2H3/t10-/m1/s1. The fourth-order valence-electron chi connectivity index (χ4n) is 2.16. The molecule has 0 saturated heterocycles. The fourth-order valence-corrected chi connectivity index (χ4v) is 3.31. The molecular weight excluding hydrogens is 327 g/mol. The molecule has 0 unspecified atom stereocenters. The maximum Gasteiger partial charge on any atom is 0.264 e. The predicted molar refractivity (Wildman–Crippen MR) is 82.3 cm³/mol. The fraction of sp³-hybridized carbons (Fsp3) is 0.250. The van der Waals surface area contributed by atoms with Crippen LogP contribution in [-0.4, -0.2) is 8.42 Å². The highest BCUT2D eigenvalue weighted by atomic mass is 32.2. The normalized spacial score (nSPS) is 12.9. The molecule has 3 nitrogen and oxygen atoms in total. The smallest absolute Gasteiger partial charge is 0.264 e. The van der Waals surface area contributed by atoms with Gasteiger partial charge in [0.05, 0.1) is 5.69 Å². The van der Waals surface area contributed by atoms with Crippen LogP contribution >= 0.6 is 0 Å². The lowest BCUT2D eigenvalue weighted by Crippen LogP contribution is -2.17. The van der Waals surface area contributed by atoms with Gasteiger partial charge in [0.2, 0.25) is 0 Å². The molecule has 0 saturated carbocycles. The molecule has 124 valence electrons. The van der Waals surface area contributed by atoms with E-state index < -0.39 is 32.4 Å². The molecule has 0 aliphatic carbocycles. The third kappa shape index (κ3) is 3.50. The first kappa shape index (κ1) is 17.3. The lowest BCUT2D eigenvalue weighted by molar-refractivity contribution is 0.432. The highest BCUT2D eigenvalue weighted by Crippen LogP contribution is 2.29. The Morgan fingerprint density at radius 2 is 1.70 bits per heavy atom. The van der Waals surface area contributed by atoms with Crippen LogP contribution < -0.4 is 4.72 Å². The van der Waals surface area contributed by atoms with E-state index in [-0.39, 0.29) is 11.6 Å². The Labute approximate surface area is 133 Å². The molecule has 0 heterocycles. The van der Waals surface area contributed by atoms with Gasteiger partial charge in [-0.1, -0.05) is 32.0 Å². The Balaban J connectivity index is 2.46. The van der Waals surface area contributed by atoms with Crippen molar-refractivity contribution in [3.05, 3.63) is 59.4 Å². The highest BCUT2D eigenvalue weighted by molar-refractivity contribution is 7.92. The summed E-state index contributed by atoms with van der Waals surface area (Å²) in [6, 6.07) is 7.96. The number of halogens is 3. The molecule has 0 bridgehead atoms. The number of benzene rings is 2. The van der Waals surface area contributed by atoms with Gasteiger partial charge < -0.3 is 0 Å². The lowest BCUT2D eigenvalue weighted by atomic mass is 9.97. The number of sulfonamides is 1. The van der Waals surface area contributed by atoms with Gasteiger partial charge in [-0.25, -0.2) is 21.6 Å². The van der Waals surface area contributed by atoms with Crippen LogP contribution in [0.15, 0.2) is 41.3 Å². The zero-order valence-electron chi connectivity index (χ0n) is 12.6. The second-order valence-electron chi connectivity index (χ2n) is 5.18. The van der Waals surface area contributed by atoms with Crippen LogP contribution in [0.5, 0.6) is 0 Å². The van der Waals surface area contributed by atoms with Crippen LogP contribution in [0.1, 0.15) is 31.7 Å². The first-order valence-electron chi connectivity index (χ1n) is 7.03. The summed E-state index contributed by atoms with van der Waals surface area (Å²) in [6.07, 6.45) is 0.776. The first-order chi connectivity index (χ1) is 10.8. The molecule has 2 aromatic rings. The van der Waals surface area contributed by atoms with Gasteiger partial charge in [-0.3, -0.25) is 4.72 Å². The monoisotopic (exact) mass is 343 g/mol. The summed E-state index contributed by atoms with van der Waals surface area (Å²) in [7, 11) is -4.38. The van der Waals surface area contributed by atoms with Gasteiger partial charge in [0.25, 0.3) is 10.0 Å². The van der Waals surface area contributed by atoms with Crippen molar-refractivity contribution >= 4 is 15.7 Å². The number of para-hydroxylation sites is 1. The summed E-state index contributed by atoms with van der Waals surface area (Å²) in [6.45, 7) is 3.87. The lowest BCUT2D eigenvalue weighted by Gasteiger charge is -2.16. The third-order valence-corrected chi connectivity index (χ3v) is 5.02. The molecular formula is C16H16F3NO2S. The van der Waals surface area contributed by atoms with Crippen molar-refractivity contribution in [2.24, 2.45) is 0 Å². The molecule has 2 rings (SSSR count). The van der Waals surface area contributed by atoms with E-state index >= 15 is 0 Å². The van der Waals surface area contributed by atoms with Crippen LogP contribution in [0, 0.1) is 17.5 Å². The van der Waals surface area contributed by atoms with Crippen molar-refractivity contribution < 1.29 is 21.6 Å². The molecule has 1 atom stereocenters. The Hall–Kier alpha value is -2.02. The third-order valence-electron chi connectivity index (χ3n) is 3.64. The second-order valence-corrected chi connectivity index (χ2v) is 6.83. The van der Waals surface area contributed by atoms with Gasteiger partial charge in [-0.2, -0.15) is 0 Å². The van der Waals surface area contributed by atoms with Crippen molar-refractivity contribution in [1.82, 2.24) is 0 Å². The Kier molecular flexibility index (Phi) is 4.99. The summed E-state index contributed by atoms with van der Waals surface area (Å²) in [4.78, 5) is -0.935. The molecule has 2 aromatic carbocycles. The summed E-state index contributed by atoms with van der Waals surface area (Å²) in [5.41, 5.74) is 1.02. The predicted octanol–water partition coefficient (Wildman–Crippen LogP) is 4.42. The number of hydrogen-bond donors (Lipinski definition) is 1. The van der Waals surface area contributed by atoms with E-state index in [0.717, 1.165) is 12.0 Å². The summed E-state index contributed by atoms with van der Waals surface area (Å²) >= 11 is 0. The van der Waals surface area contributed by atoms with E-state index in [0.29, 0.717) is 12.1 Å². The molecule has 0 fully saturated rings. The summed E-state index contributed by atoms with van der Waals surface area (Å²) in [5, 5.41) is 0. The molecule has 23 heavy (non-hydrogen) atoms. The van der Waals surface area contributed by atoms with E-state index in [4.69, 9.17) is 0 Å². The quantitative estimate of drug-likeness (QED) is 0.817. The molecule has 0 aliphatic heterocycles. The topological polar surface area (TPSA) is 46.2 Å². The number of hydrogen-bond acceptors (Lipinski definition) is 2. The van der Waals surface area contributed by atoms with Gasteiger partial charge in [0.1, 0.15) is 4.90 Å². The number of rotatable bonds is 5. The molecule has 0 spiro atoms. The van der Waals surface area contributed by atoms with Crippen molar-refractivity contribution in [3.63, 3.8) is 0 Å². The van der Waals surface area contributed by atoms with E-state index in [9.17, 15) is 21.6 Å². The largest absolute Gasteiger partial charge is 0.279 e.